The lowest BCUT2D eigenvalue weighted by molar-refractivity contribution is 0.0989. The standard InChI is InChI=1S/C9H8INO/c1-2-7-3-5-8(6-4-7)9(12)11-10/h2-6H,1H2,(H,11,12). The number of hydrogen-bond acceptors (Lipinski definition) is 1. The minimum atomic E-state index is -0.0776. The number of hydrogen-bond donors (Lipinski definition) is 1. The fraction of sp³-hybridized carbons (Fsp3) is 0. The zero-order chi connectivity index (χ0) is 8.97. The Bertz CT molecular complexity index is 292. The maximum Gasteiger partial charge on any atom is 0.259 e. The van der Waals surface area contributed by atoms with E-state index in [2.05, 4.69) is 10.1 Å². The van der Waals surface area contributed by atoms with E-state index in [1.807, 2.05) is 35.0 Å². The van der Waals surface area contributed by atoms with Crippen LogP contribution >= 0.6 is 22.9 Å². The van der Waals surface area contributed by atoms with Crippen LogP contribution in [0.5, 0.6) is 0 Å². The number of carbonyl (C=O) groups is 1. The van der Waals surface area contributed by atoms with Gasteiger partial charge in [0.15, 0.2) is 0 Å². The highest BCUT2D eigenvalue weighted by Gasteiger charge is 2.00. The van der Waals surface area contributed by atoms with Gasteiger partial charge in [-0.1, -0.05) is 24.8 Å². The van der Waals surface area contributed by atoms with Crippen LogP contribution in [-0.2, 0) is 0 Å². The summed E-state index contributed by atoms with van der Waals surface area (Å²) in [5, 5.41) is 0. The molecule has 0 fully saturated rings. The maximum atomic E-state index is 11.1. The molecule has 0 saturated carbocycles. The summed E-state index contributed by atoms with van der Waals surface area (Å²) in [6.45, 7) is 3.62. The molecule has 1 aromatic carbocycles. The van der Waals surface area contributed by atoms with Gasteiger partial charge in [0.05, 0.1) is 22.9 Å². The summed E-state index contributed by atoms with van der Waals surface area (Å²) in [5.74, 6) is -0.0776. The third kappa shape index (κ3) is 2.07. The van der Waals surface area contributed by atoms with Gasteiger partial charge in [-0.3, -0.25) is 8.32 Å². The van der Waals surface area contributed by atoms with Crippen molar-refractivity contribution in [1.82, 2.24) is 3.53 Å². The van der Waals surface area contributed by atoms with Gasteiger partial charge in [-0.25, -0.2) is 0 Å². The van der Waals surface area contributed by atoms with Crippen LogP contribution in [-0.4, -0.2) is 5.91 Å². The van der Waals surface area contributed by atoms with Gasteiger partial charge >= 0.3 is 0 Å². The van der Waals surface area contributed by atoms with Crippen molar-refractivity contribution in [3.63, 3.8) is 0 Å². The predicted octanol–water partition coefficient (Wildman–Crippen LogP) is 2.41. The van der Waals surface area contributed by atoms with E-state index in [4.69, 9.17) is 0 Å². The third-order valence-corrected chi connectivity index (χ3v) is 1.98. The largest absolute Gasteiger partial charge is 0.295 e. The minimum Gasteiger partial charge on any atom is -0.295 e. The Kier molecular flexibility index (Phi) is 3.28. The fourth-order valence-electron chi connectivity index (χ4n) is 0.825. The average Bonchev–Trinajstić information content (AvgIpc) is 2.17. The summed E-state index contributed by atoms with van der Waals surface area (Å²) in [6.07, 6.45) is 1.74. The van der Waals surface area contributed by atoms with Crippen molar-refractivity contribution in [2.45, 2.75) is 0 Å². The summed E-state index contributed by atoms with van der Waals surface area (Å²) < 4.78 is 2.52. The highest BCUT2D eigenvalue weighted by Crippen LogP contribution is 2.05. The highest BCUT2D eigenvalue weighted by atomic mass is 127. The number of amides is 1. The first kappa shape index (κ1) is 9.25. The Morgan fingerprint density at radius 3 is 2.42 bits per heavy atom. The molecule has 0 unspecified atom stereocenters. The normalized spacial score (nSPS) is 9.08. The highest BCUT2D eigenvalue weighted by molar-refractivity contribution is 14.1. The lowest BCUT2D eigenvalue weighted by atomic mass is 10.1. The van der Waals surface area contributed by atoms with E-state index >= 15 is 0 Å². The molecule has 0 radical (unpaired) electrons. The molecule has 0 aliphatic carbocycles. The predicted molar refractivity (Wildman–Crippen MR) is 58.0 cm³/mol. The first-order valence-electron chi connectivity index (χ1n) is 3.41. The van der Waals surface area contributed by atoms with E-state index in [0.717, 1.165) is 5.56 Å². The van der Waals surface area contributed by atoms with Crippen molar-refractivity contribution in [3.8, 4) is 0 Å². The molecule has 0 aromatic heterocycles. The molecule has 1 N–H and O–H groups in total. The Balaban J connectivity index is 2.91. The summed E-state index contributed by atoms with van der Waals surface area (Å²) in [7, 11) is 0. The van der Waals surface area contributed by atoms with Crippen molar-refractivity contribution >= 4 is 34.8 Å². The van der Waals surface area contributed by atoms with Crippen LogP contribution in [0.25, 0.3) is 6.08 Å². The topological polar surface area (TPSA) is 29.1 Å². The molecule has 0 saturated heterocycles. The number of nitrogens with one attached hydrogen (secondary N) is 1. The molecule has 0 heterocycles. The van der Waals surface area contributed by atoms with Crippen molar-refractivity contribution in [1.29, 1.82) is 0 Å². The van der Waals surface area contributed by atoms with Crippen LogP contribution < -0.4 is 3.53 Å². The minimum absolute atomic E-state index is 0.0776. The van der Waals surface area contributed by atoms with Gasteiger partial charge in [0.2, 0.25) is 0 Å². The molecule has 1 amide bonds. The van der Waals surface area contributed by atoms with E-state index in [1.165, 1.54) is 0 Å². The van der Waals surface area contributed by atoms with Gasteiger partial charge in [0.1, 0.15) is 0 Å². The lowest BCUT2D eigenvalue weighted by Crippen LogP contribution is -2.11. The van der Waals surface area contributed by atoms with Gasteiger partial charge in [0, 0.05) is 5.56 Å². The lowest BCUT2D eigenvalue weighted by Gasteiger charge is -1.97. The molecule has 62 valence electrons. The van der Waals surface area contributed by atoms with Crippen molar-refractivity contribution in [2.24, 2.45) is 0 Å². The molecule has 0 aliphatic rings. The Labute approximate surface area is 85.2 Å². The molecule has 0 atom stereocenters. The third-order valence-electron chi connectivity index (χ3n) is 1.49. The maximum absolute atomic E-state index is 11.1. The van der Waals surface area contributed by atoms with E-state index in [9.17, 15) is 4.79 Å². The molecule has 0 aliphatic heterocycles. The van der Waals surface area contributed by atoms with Gasteiger partial charge < -0.3 is 0 Å². The van der Waals surface area contributed by atoms with Crippen molar-refractivity contribution in [3.05, 3.63) is 42.0 Å². The Hall–Kier alpha value is -0.840. The summed E-state index contributed by atoms with van der Waals surface area (Å²) in [4.78, 5) is 11.1. The van der Waals surface area contributed by atoms with E-state index in [1.54, 1.807) is 18.2 Å². The molecule has 0 bridgehead atoms. The molecular formula is C9H8INO. The van der Waals surface area contributed by atoms with E-state index in [0.29, 0.717) is 5.56 Å². The molecule has 1 aromatic rings. The van der Waals surface area contributed by atoms with Gasteiger partial charge in [0.25, 0.3) is 5.91 Å². The number of halogens is 1. The SMILES string of the molecule is C=Cc1ccc(C(=O)NI)cc1. The molecule has 0 spiro atoms. The molecular weight excluding hydrogens is 265 g/mol. The summed E-state index contributed by atoms with van der Waals surface area (Å²) in [6, 6.07) is 7.25. The van der Waals surface area contributed by atoms with Crippen molar-refractivity contribution in [2.75, 3.05) is 0 Å². The zero-order valence-corrected chi connectivity index (χ0v) is 8.54. The van der Waals surface area contributed by atoms with Gasteiger partial charge in [-0.2, -0.15) is 0 Å². The molecule has 3 heteroatoms. The summed E-state index contributed by atoms with van der Waals surface area (Å²) in [5.41, 5.74) is 1.68. The zero-order valence-electron chi connectivity index (χ0n) is 6.38. The summed E-state index contributed by atoms with van der Waals surface area (Å²) >= 11 is 1.82. The Morgan fingerprint density at radius 1 is 1.42 bits per heavy atom. The van der Waals surface area contributed by atoms with Crippen LogP contribution in [0.15, 0.2) is 30.8 Å². The first-order valence-corrected chi connectivity index (χ1v) is 4.49. The second-order valence-corrected chi connectivity index (χ2v) is 2.79. The van der Waals surface area contributed by atoms with Crippen LogP contribution in [0.2, 0.25) is 0 Å². The molecule has 1 rings (SSSR count). The second kappa shape index (κ2) is 4.25. The van der Waals surface area contributed by atoms with Crippen LogP contribution in [0.3, 0.4) is 0 Å². The smallest absolute Gasteiger partial charge is 0.259 e. The first-order chi connectivity index (χ1) is 5.77. The number of carbonyl (C=O) groups excluding carboxylic acids is 1. The molecule has 2 nitrogen and oxygen atoms in total. The monoisotopic (exact) mass is 273 g/mol. The van der Waals surface area contributed by atoms with Gasteiger partial charge in [-0.05, 0) is 17.7 Å². The van der Waals surface area contributed by atoms with Crippen LogP contribution in [0.1, 0.15) is 15.9 Å². The van der Waals surface area contributed by atoms with Crippen LogP contribution in [0, 0.1) is 0 Å². The fourth-order valence-corrected chi connectivity index (χ4v) is 1.14. The molecule has 12 heavy (non-hydrogen) atoms. The number of benzene rings is 1. The van der Waals surface area contributed by atoms with Crippen molar-refractivity contribution < 1.29 is 4.79 Å². The average molecular weight is 273 g/mol. The quantitative estimate of drug-likeness (QED) is 0.650. The van der Waals surface area contributed by atoms with E-state index in [-0.39, 0.29) is 5.91 Å². The number of rotatable bonds is 2. The van der Waals surface area contributed by atoms with Gasteiger partial charge in [-0.15, -0.1) is 0 Å². The van der Waals surface area contributed by atoms with Crippen LogP contribution in [0.4, 0.5) is 0 Å². The Morgan fingerprint density at radius 2 is 2.00 bits per heavy atom. The second-order valence-electron chi connectivity index (χ2n) is 2.25. The van der Waals surface area contributed by atoms with E-state index < -0.39 is 0 Å².